The van der Waals surface area contributed by atoms with Crippen LogP contribution in [-0.2, 0) is 6.18 Å². The first-order chi connectivity index (χ1) is 6.95. The molecule has 0 aliphatic rings. The molecule has 0 unspecified atom stereocenters. The van der Waals surface area contributed by atoms with E-state index in [9.17, 15) is 13.2 Å². The van der Waals surface area contributed by atoms with Crippen molar-refractivity contribution in [3.05, 3.63) is 23.8 Å². The van der Waals surface area contributed by atoms with Gasteiger partial charge in [0.1, 0.15) is 12.4 Å². The third-order valence-electron chi connectivity index (χ3n) is 1.66. The van der Waals surface area contributed by atoms with Crippen LogP contribution in [0.2, 0.25) is 0 Å². The third kappa shape index (κ3) is 3.02. The van der Waals surface area contributed by atoms with Crippen molar-refractivity contribution in [2.45, 2.75) is 6.18 Å². The number of aliphatic hydroxyl groups is 1. The number of nitrogens with two attached hydrogens (primary N) is 1. The summed E-state index contributed by atoms with van der Waals surface area (Å²) in [6.45, 7) is -0.533. The van der Waals surface area contributed by atoms with Crippen molar-refractivity contribution in [1.82, 2.24) is 0 Å². The van der Waals surface area contributed by atoms with Crippen LogP contribution in [0.3, 0.4) is 0 Å². The fourth-order valence-corrected chi connectivity index (χ4v) is 1.05. The molecule has 0 spiro atoms. The highest BCUT2D eigenvalue weighted by molar-refractivity contribution is 5.49. The lowest BCUT2D eigenvalue weighted by molar-refractivity contribution is -0.139. The van der Waals surface area contributed by atoms with Crippen molar-refractivity contribution in [2.75, 3.05) is 18.9 Å². The van der Waals surface area contributed by atoms with Gasteiger partial charge in [-0.15, -0.1) is 0 Å². The molecule has 0 aliphatic heterocycles. The molecule has 0 amide bonds. The summed E-state index contributed by atoms with van der Waals surface area (Å²) in [4.78, 5) is 0. The highest BCUT2D eigenvalue weighted by Crippen LogP contribution is 2.37. The Bertz CT molecular complexity index is 339. The summed E-state index contributed by atoms with van der Waals surface area (Å²) in [6.07, 6.45) is -4.51. The van der Waals surface area contributed by atoms with Gasteiger partial charge in [-0.3, -0.25) is 0 Å². The number of alkyl halides is 3. The predicted molar refractivity (Wildman–Crippen MR) is 48.4 cm³/mol. The van der Waals surface area contributed by atoms with E-state index in [0.717, 1.165) is 12.1 Å². The predicted octanol–water partition coefficient (Wildman–Crippen LogP) is 1.66. The lowest BCUT2D eigenvalue weighted by Crippen LogP contribution is -2.11. The Kier molecular flexibility index (Phi) is 3.41. The molecule has 0 radical (unpaired) electrons. The van der Waals surface area contributed by atoms with Gasteiger partial charge in [-0.25, -0.2) is 0 Å². The van der Waals surface area contributed by atoms with Crippen LogP contribution in [0.1, 0.15) is 5.56 Å². The minimum atomic E-state index is -4.51. The van der Waals surface area contributed by atoms with Crippen LogP contribution in [-0.4, -0.2) is 18.3 Å². The van der Waals surface area contributed by atoms with E-state index in [1.54, 1.807) is 0 Å². The van der Waals surface area contributed by atoms with E-state index < -0.39 is 11.7 Å². The molecule has 0 bridgehead atoms. The summed E-state index contributed by atoms with van der Waals surface area (Å²) in [5, 5.41) is 8.44. The first-order valence-corrected chi connectivity index (χ1v) is 4.15. The molecule has 0 fully saturated rings. The Labute approximate surface area is 84.3 Å². The summed E-state index contributed by atoms with van der Waals surface area (Å²) in [7, 11) is 0. The lowest BCUT2D eigenvalue weighted by atomic mass is 10.1. The number of ether oxygens (including phenoxy) is 1. The second-order valence-electron chi connectivity index (χ2n) is 2.83. The molecule has 1 rings (SSSR count). The van der Waals surface area contributed by atoms with E-state index in [1.807, 2.05) is 0 Å². The molecule has 0 saturated carbocycles. The molecular formula is C9H10F3NO2. The first-order valence-electron chi connectivity index (χ1n) is 4.15. The maximum absolute atomic E-state index is 12.5. The van der Waals surface area contributed by atoms with E-state index in [1.165, 1.54) is 6.07 Å². The normalized spacial score (nSPS) is 11.5. The molecule has 1 aromatic carbocycles. The van der Waals surface area contributed by atoms with Gasteiger partial charge in [0.15, 0.2) is 0 Å². The van der Waals surface area contributed by atoms with Gasteiger partial charge in [0.25, 0.3) is 0 Å². The number of hydrogen-bond acceptors (Lipinski definition) is 3. The standard InChI is InChI=1S/C9H10F3NO2/c10-9(11,12)7-5-6(13)1-2-8(7)15-4-3-14/h1-2,5,14H,3-4,13H2. The van der Waals surface area contributed by atoms with Gasteiger partial charge in [0, 0.05) is 5.69 Å². The molecule has 0 heterocycles. The molecule has 6 heteroatoms. The van der Waals surface area contributed by atoms with E-state index >= 15 is 0 Å². The SMILES string of the molecule is Nc1ccc(OCCO)c(C(F)(F)F)c1. The fourth-order valence-electron chi connectivity index (χ4n) is 1.05. The second kappa shape index (κ2) is 4.39. The maximum atomic E-state index is 12.5. The van der Waals surface area contributed by atoms with Crippen LogP contribution < -0.4 is 10.5 Å². The van der Waals surface area contributed by atoms with Gasteiger partial charge in [0.05, 0.1) is 12.2 Å². The van der Waals surface area contributed by atoms with Crippen LogP contribution in [0.25, 0.3) is 0 Å². The van der Waals surface area contributed by atoms with Crippen molar-refractivity contribution >= 4 is 5.69 Å². The Morgan fingerprint density at radius 3 is 2.53 bits per heavy atom. The van der Waals surface area contributed by atoms with Crippen molar-refractivity contribution in [1.29, 1.82) is 0 Å². The second-order valence-corrected chi connectivity index (χ2v) is 2.83. The number of nitrogen functional groups attached to an aromatic ring is 1. The number of rotatable bonds is 3. The summed E-state index contributed by atoms with van der Waals surface area (Å²) in [5.41, 5.74) is 4.33. The summed E-state index contributed by atoms with van der Waals surface area (Å²) in [6, 6.07) is 3.24. The van der Waals surface area contributed by atoms with Gasteiger partial charge < -0.3 is 15.6 Å². The van der Waals surface area contributed by atoms with Crippen molar-refractivity contribution in [3.63, 3.8) is 0 Å². The van der Waals surface area contributed by atoms with E-state index in [0.29, 0.717) is 0 Å². The first kappa shape index (κ1) is 11.6. The molecule has 0 atom stereocenters. The minimum Gasteiger partial charge on any atom is -0.491 e. The average molecular weight is 221 g/mol. The average Bonchev–Trinajstić information content (AvgIpc) is 2.14. The highest BCUT2D eigenvalue weighted by Gasteiger charge is 2.34. The zero-order chi connectivity index (χ0) is 11.5. The Balaban J connectivity index is 3.04. The molecule has 15 heavy (non-hydrogen) atoms. The number of hydrogen-bond donors (Lipinski definition) is 2. The monoisotopic (exact) mass is 221 g/mol. The smallest absolute Gasteiger partial charge is 0.420 e. The Morgan fingerprint density at radius 1 is 1.33 bits per heavy atom. The largest absolute Gasteiger partial charge is 0.491 e. The zero-order valence-corrected chi connectivity index (χ0v) is 7.71. The van der Waals surface area contributed by atoms with E-state index in [4.69, 9.17) is 15.6 Å². The quantitative estimate of drug-likeness (QED) is 0.763. The van der Waals surface area contributed by atoms with Crippen LogP contribution >= 0.6 is 0 Å². The van der Waals surface area contributed by atoms with Gasteiger partial charge in [-0.05, 0) is 18.2 Å². The van der Waals surface area contributed by atoms with Gasteiger partial charge in [-0.1, -0.05) is 0 Å². The summed E-state index contributed by atoms with van der Waals surface area (Å²) < 4.78 is 42.1. The molecule has 0 aliphatic carbocycles. The van der Waals surface area contributed by atoms with E-state index in [2.05, 4.69) is 0 Å². The Morgan fingerprint density at radius 2 is 2.00 bits per heavy atom. The van der Waals surface area contributed by atoms with Crippen molar-refractivity contribution < 1.29 is 23.0 Å². The van der Waals surface area contributed by atoms with Gasteiger partial charge in [-0.2, -0.15) is 13.2 Å². The fraction of sp³-hybridized carbons (Fsp3) is 0.333. The van der Waals surface area contributed by atoms with Crippen LogP contribution in [0, 0.1) is 0 Å². The highest BCUT2D eigenvalue weighted by atomic mass is 19.4. The molecule has 1 aromatic rings. The molecule has 3 nitrogen and oxygen atoms in total. The van der Waals surface area contributed by atoms with Crippen LogP contribution in [0.4, 0.5) is 18.9 Å². The third-order valence-corrected chi connectivity index (χ3v) is 1.66. The van der Waals surface area contributed by atoms with E-state index in [-0.39, 0.29) is 24.7 Å². The molecule has 0 saturated heterocycles. The molecule has 84 valence electrons. The zero-order valence-electron chi connectivity index (χ0n) is 7.71. The summed E-state index contributed by atoms with van der Waals surface area (Å²) in [5.74, 6) is -0.328. The molecule has 0 aromatic heterocycles. The number of anilines is 1. The molecular weight excluding hydrogens is 211 g/mol. The number of halogens is 3. The van der Waals surface area contributed by atoms with Gasteiger partial charge in [0.2, 0.25) is 0 Å². The minimum absolute atomic E-state index is 0.0127. The van der Waals surface area contributed by atoms with Crippen molar-refractivity contribution in [3.8, 4) is 5.75 Å². The number of aliphatic hydroxyl groups excluding tert-OH is 1. The van der Waals surface area contributed by atoms with Crippen molar-refractivity contribution in [2.24, 2.45) is 0 Å². The van der Waals surface area contributed by atoms with Crippen LogP contribution in [0.15, 0.2) is 18.2 Å². The Hall–Kier alpha value is -1.43. The lowest BCUT2D eigenvalue weighted by Gasteiger charge is -2.13. The topological polar surface area (TPSA) is 55.5 Å². The molecule has 3 N–H and O–H groups in total. The van der Waals surface area contributed by atoms with Gasteiger partial charge >= 0.3 is 6.18 Å². The summed E-state index contributed by atoms with van der Waals surface area (Å²) >= 11 is 0. The maximum Gasteiger partial charge on any atom is 0.420 e. The number of benzene rings is 1. The van der Waals surface area contributed by atoms with Crippen LogP contribution in [0.5, 0.6) is 5.75 Å².